The third kappa shape index (κ3) is 4.53. The minimum absolute atomic E-state index is 0. The van der Waals surface area contributed by atoms with E-state index in [4.69, 9.17) is 0 Å². The third-order valence-electron chi connectivity index (χ3n) is 0.471. The molecule has 0 bridgehead atoms. The molecule has 0 heterocycles. The highest BCUT2D eigenvalue weighted by Crippen LogP contribution is 1.92. The van der Waals surface area contributed by atoms with E-state index < -0.39 is 0 Å². The Kier molecular flexibility index (Phi) is 3.05. The van der Waals surface area contributed by atoms with Crippen LogP contribution in [0, 0.1) is 5.92 Å². The first-order valence-corrected chi connectivity index (χ1v) is 2.79. The van der Waals surface area contributed by atoms with E-state index in [1.807, 2.05) is 0 Å². The Labute approximate surface area is 43.5 Å². The maximum Gasteiger partial charge on any atom is 0.118 e. The predicted molar refractivity (Wildman–Crippen MR) is 27.5 cm³/mol. The molecule has 1 heteroatoms. The van der Waals surface area contributed by atoms with E-state index in [9.17, 15) is 0 Å². The Morgan fingerprint density at radius 1 is 1.80 bits per heavy atom. The number of hydrogen-bond acceptors (Lipinski definition) is 0. The van der Waals surface area contributed by atoms with Gasteiger partial charge in [0.25, 0.3) is 0 Å². The van der Waals surface area contributed by atoms with Gasteiger partial charge >= 0.3 is 0 Å². The summed E-state index contributed by atoms with van der Waals surface area (Å²) in [6, 6.07) is 0. The fourth-order valence-corrected chi connectivity index (χ4v) is 0. The lowest BCUT2D eigenvalue weighted by molar-refractivity contribution is 0.735. The van der Waals surface area contributed by atoms with Crippen molar-refractivity contribution in [1.82, 2.24) is 0 Å². The number of hydrogen-bond donors (Lipinski definition) is 0. The summed E-state index contributed by atoms with van der Waals surface area (Å²) in [4.78, 5) is 0. The topological polar surface area (TPSA) is 0 Å². The molecule has 0 nitrogen and oxygen atoms in total. The van der Waals surface area contributed by atoms with Crippen molar-refractivity contribution in [3.63, 3.8) is 0 Å². The van der Waals surface area contributed by atoms with Crippen LogP contribution in [0.1, 0.15) is 15.3 Å². The van der Waals surface area contributed by atoms with Gasteiger partial charge in [-0.05, 0) is 0 Å². The smallest absolute Gasteiger partial charge is 0.116 e. The largest absolute Gasteiger partial charge is 0.118 e. The highest BCUT2D eigenvalue weighted by molar-refractivity contribution is 6.08. The summed E-state index contributed by atoms with van der Waals surface area (Å²) >= 11 is 2.69. The van der Waals surface area contributed by atoms with Crippen LogP contribution in [0.5, 0.6) is 0 Å². The molecule has 2 radical (unpaired) electrons. The van der Waals surface area contributed by atoms with E-state index in [2.05, 4.69) is 30.1 Å². The molecule has 0 spiro atoms. The average Bonchev–Trinajstić information content (AvgIpc) is 1.38. The molecule has 0 aliphatic carbocycles. The van der Waals surface area contributed by atoms with Crippen LogP contribution >= 0.6 is 0 Å². The standard InChI is InChI=1S/C4H9.Al.H2/c1-4(2)3;;/h4H,1H2,2-3H3;;1H. The zero-order valence-corrected chi connectivity index (χ0v) is 5.02. The molecule has 0 saturated carbocycles. The molecular formula is C4H11Al. The number of rotatable bonds is 1. The molecule has 0 amide bonds. The Morgan fingerprint density at radius 3 is 2.00 bits per heavy atom. The van der Waals surface area contributed by atoms with E-state index in [0.717, 1.165) is 5.92 Å². The second-order valence-electron chi connectivity index (χ2n) is 1.63. The molecule has 0 aromatic rings. The fraction of sp³-hybridized carbons (Fsp3) is 1.00. The molecule has 0 saturated heterocycles. The maximum atomic E-state index is 2.69. The van der Waals surface area contributed by atoms with Gasteiger partial charge in [0.15, 0.2) is 0 Å². The summed E-state index contributed by atoms with van der Waals surface area (Å²) in [6.45, 7) is 4.40. The van der Waals surface area contributed by atoms with Gasteiger partial charge in [-0.3, -0.25) is 0 Å². The predicted octanol–water partition coefficient (Wildman–Crippen LogP) is 1.48. The van der Waals surface area contributed by atoms with Crippen LogP contribution in [0.25, 0.3) is 0 Å². The summed E-state index contributed by atoms with van der Waals surface area (Å²) in [5.74, 6) is 0.847. The van der Waals surface area contributed by atoms with Crippen molar-refractivity contribution in [3.05, 3.63) is 0 Å². The minimum Gasteiger partial charge on any atom is -0.116 e. The molecule has 0 aromatic carbocycles. The van der Waals surface area contributed by atoms with E-state index >= 15 is 0 Å². The Balaban J connectivity index is 0. The van der Waals surface area contributed by atoms with Gasteiger partial charge in [0.05, 0.1) is 0 Å². The van der Waals surface area contributed by atoms with Crippen LogP contribution in [0.2, 0.25) is 5.28 Å². The van der Waals surface area contributed by atoms with Crippen molar-refractivity contribution in [3.8, 4) is 0 Å². The summed E-state index contributed by atoms with van der Waals surface area (Å²) in [5.41, 5.74) is 0. The molecule has 0 aliphatic heterocycles. The Morgan fingerprint density at radius 2 is 2.00 bits per heavy atom. The van der Waals surface area contributed by atoms with E-state index in [-0.39, 0.29) is 1.43 Å². The lowest BCUT2D eigenvalue weighted by Gasteiger charge is -1.91. The highest BCUT2D eigenvalue weighted by atomic mass is 27.0. The first kappa shape index (κ1) is 5.53. The average molecular weight is 86.1 g/mol. The summed E-state index contributed by atoms with van der Waals surface area (Å²) in [6.07, 6.45) is 0. The molecule has 0 rings (SSSR count). The lowest BCUT2D eigenvalue weighted by atomic mass is 10.3. The molecule has 5 heavy (non-hydrogen) atoms. The molecule has 0 N–H and O–H groups in total. The molecule has 0 atom stereocenters. The summed E-state index contributed by atoms with van der Waals surface area (Å²) in [7, 11) is 0. The Hall–Kier alpha value is 0.532. The van der Waals surface area contributed by atoms with Crippen molar-refractivity contribution in [2.45, 2.75) is 19.1 Å². The molecule has 0 aromatic heterocycles. The van der Waals surface area contributed by atoms with Crippen LogP contribution in [-0.2, 0) is 0 Å². The van der Waals surface area contributed by atoms with E-state index in [0.29, 0.717) is 0 Å². The van der Waals surface area contributed by atoms with Gasteiger partial charge in [0, 0.05) is 1.43 Å². The van der Waals surface area contributed by atoms with Crippen LogP contribution in [0.4, 0.5) is 0 Å². The molecular weight excluding hydrogens is 75.0 g/mol. The quantitative estimate of drug-likeness (QED) is 0.424. The van der Waals surface area contributed by atoms with Crippen molar-refractivity contribution in [2.75, 3.05) is 0 Å². The van der Waals surface area contributed by atoms with Crippen LogP contribution in [0.3, 0.4) is 0 Å². The molecule has 0 fully saturated rings. The fourth-order valence-electron chi connectivity index (χ4n) is 0. The molecule has 0 unspecified atom stereocenters. The van der Waals surface area contributed by atoms with Gasteiger partial charge in [-0.1, -0.05) is 19.8 Å². The van der Waals surface area contributed by atoms with Crippen molar-refractivity contribution in [2.24, 2.45) is 5.92 Å². The monoisotopic (exact) mass is 86.1 g/mol. The second kappa shape index (κ2) is 2.75. The molecule has 30 valence electrons. The van der Waals surface area contributed by atoms with E-state index in [1.165, 1.54) is 5.28 Å². The lowest BCUT2D eigenvalue weighted by Crippen LogP contribution is -1.80. The van der Waals surface area contributed by atoms with Gasteiger partial charge in [0.1, 0.15) is 16.3 Å². The van der Waals surface area contributed by atoms with Crippen molar-refractivity contribution < 1.29 is 1.43 Å². The van der Waals surface area contributed by atoms with Gasteiger partial charge in [-0.2, -0.15) is 0 Å². The maximum absolute atomic E-state index is 2.69. The SMILES string of the molecule is CC(C)[CH2][Al].[HH]. The minimum atomic E-state index is 0. The second-order valence-corrected chi connectivity index (χ2v) is 2.10. The highest BCUT2D eigenvalue weighted by Gasteiger charge is 1.79. The third-order valence-corrected chi connectivity index (χ3v) is 1.41. The molecule has 0 aliphatic rings. The van der Waals surface area contributed by atoms with Gasteiger partial charge < -0.3 is 0 Å². The Bertz CT molecular complexity index is 21.5. The zero-order chi connectivity index (χ0) is 4.28. The zero-order valence-electron chi connectivity index (χ0n) is 3.86. The van der Waals surface area contributed by atoms with Crippen LogP contribution in [0.15, 0.2) is 0 Å². The van der Waals surface area contributed by atoms with Gasteiger partial charge in [0.2, 0.25) is 0 Å². The summed E-state index contributed by atoms with van der Waals surface area (Å²) < 4.78 is 0. The van der Waals surface area contributed by atoms with Crippen LogP contribution < -0.4 is 0 Å². The summed E-state index contributed by atoms with van der Waals surface area (Å²) in [5, 5.41) is 1.22. The van der Waals surface area contributed by atoms with Crippen molar-refractivity contribution in [1.29, 1.82) is 0 Å². The van der Waals surface area contributed by atoms with Gasteiger partial charge in [-0.15, -0.1) is 5.28 Å². The van der Waals surface area contributed by atoms with Crippen LogP contribution in [-0.4, -0.2) is 16.3 Å². The van der Waals surface area contributed by atoms with Crippen molar-refractivity contribution >= 4 is 16.3 Å². The van der Waals surface area contributed by atoms with E-state index in [1.54, 1.807) is 0 Å². The van der Waals surface area contributed by atoms with Gasteiger partial charge in [-0.25, -0.2) is 0 Å². The first-order chi connectivity index (χ1) is 2.27. The first-order valence-electron chi connectivity index (χ1n) is 1.97. The normalized spacial score (nSPS) is 9.40.